The number of hydrogen-bond acceptors (Lipinski definition) is 3. The first kappa shape index (κ1) is 16.0. The third-order valence-electron chi connectivity index (χ3n) is 3.69. The molecule has 0 fully saturated rings. The topological polar surface area (TPSA) is 44.1 Å². The molecule has 0 saturated heterocycles. The Hall–Kier alpha value is -2.83. The summed E-state index contributed by atoms with van der Waals surface area (Å²) in [6.07, 6.45) is 0.392. The van der Waals surface area contributed by atoms with Crippen LogP contribution in [0.2, 0.25) is 0 Å². The molecule has 0 spiro atoms. The van der Waals surface area contributed by atoms with Gasteiger partial charge in [0.05, 0.1) is 18.2 Å². The van der Waals surface area contributed by atoms with Gasteiger partial charge >= 0.3 is 0 Å². The second-order valence-corrected chi connectivity index (χ2v) is 5.14. The number of rotatable bonds is 3. The molecule has 0 aliphatic rings. The van der Waals surface area contributed by atoms with Crippen molar-refractivity contribution >= 4 is 11.0 Å². The maximum absolute atomic E-state index is 14.3. The average Bonchev–Trinajstić information content (AvgIpc) is 2.55. The molecule has 24 heavy (non-hydrogen) atoms. The highest BCUT2D eigenvalue weighted by Gasteiger charge is 2.18. The minimum atomic E-state index is -0.820. The van der Waals surface area contributed by atoms with E-state index in [0.29, 0.717) is 12.1 Å². The van der Waals surface area contributed by atoms with E-state index in [9.17, 15) is 18.0 Å². The number of ether oxygens (including phenoxy) is 1. The van der Waals surface area contributed by atoms with Crippen molar-refractivity contribution < 1.29 is 17.9 Å². The fourth-order valence-corrected chi connectivity index (χ4v) is 2.58. The van der Waals surface area contributed by atoms with Crippen LogP contribution in [0.5, 0.6) is 5.88 Å². The lowest BCUT2D eigenvalue weighted by atomic mass is 10.1. The summed E-state index contributed by atoms with van der Waals surface area (Å²) in [5.41, 5.74) is 0.0800. The Kier molecular flexibility index (Phi) is 4.01. The number of hydrogen-bond donors (Lipinski definition) is 0. The molecule has 0 unspecified atom stereocenters. The molecule has 0 aliphatic carbocycles. The summed E-state index contributed by atoms with van der Waals surface area (Å²) in [5.74, 6) is -2.65. The summed E-state index contributed by atoms with van der Waals surface area (Å²) in [6.45, 7) is 1.78. The van der Waals surface area contributed by atoms with Gasteiger partial charge in [0.1, 0.15) is 11.6 Å². The van der Waals surface area contributed by atoms with Crippen LogP contribution >= 0.6 is 0 Å². The molecule has 0 saturated carbocycles. The van der Waals surface area contributed by atoms with E-state index in [-0.39, 0.29) is 22.6 Å². The minimum Gasteiger partial charge on any atom is -0.479 e. The van der Waals surface area contributed by atoms with Crippen molar-refractivity contribution in [1.29, 1.82) is 0 Å². The summed E-state index contributed by atoms with van der Waals surface area (Å²) in [4.78, 5) is 16.2. The lowest BCUT2D eigenvalue weighted by Gasteiger charge is -2.16. The maximum atomic E-state index is 14.3. The molecule has 0 aliphatic heterocycles. The van der Waals surface area contributed by atoms with E-state index in [1.165, 1.54) is 23.8 Å². The van der Waals surface area contributed by atoms with Crippen LogP contribution in [-0.2, 0) is 6.42 Å². The quantitative estimate of drug-likeness (QED) is 0.738. The van der Waals surface area contributed by atoms with E-state index in [1.54, 1.807) is 6.92 Å². The first-order chi connectivity index (χ1) is 11.5. The average molecular weight is 334 g/mol. The largest absolute Gasteiger partial charge is 0.479 e. The van der Waals surface area contributed by atoms with Crippen LogP contribution in [0, 0.1) is 17.5 Å². The Bertz CT molecular complexity index is 999. The van der Waals surface area contributed by atoms with Crippen LogP contribution < -0.4 is 10.2 Å². The summed E-state index contributed by atoms with van der Waals surface area (Å²) in [7, 11) is 1.24. The Labute approximate surface area is 135 Å². The zero-order valence-electron chi connectivity index (χ0n) is 12.9. The SMILES string of the molecule is CCc1cc(=O)c2cc(F)c(OC)nc2n1-c1ccc(F)cc1F. The number of benzene rings is 1. The van der Waals surface area contributed by atoms with E-state index in [1.807, 2.05) is 0 Å². The van der Waals surface area contributed by atoms with Crippen LogP contribution in [0.15, 0.2) is 35.1 Å². The molecule has 0 N–H and O–H groups in total. The Morgan fingerprint density at radius 2 is 1.88 bits per heavy atom. The van der Waals surface area contributed by atoms with Crippen LogP contribution in [0.4, 0.5) is 13.2 Å². The molecule has 7 heteroatoms. The van der Waals surface area contributed by atoms with Gasteiger partial charge in [0.25, 0.3) is 5.88 Å². The lowest BCUT2D eigenvalue weighted by Crippen LogP contribution is -2.15. The molecule has 2 aromatic heterocycles. The van der Waals surface area contributed by atoms with Gasteiger partial charge in [0.15, 0.2) is 16.9 Å². The zero-order chi connectivity index (χ0) is 17.4. The van der Waals surface area contributed by atoms with Crippen LogP contribution in [0.3, 0.4) is 0 Å². The van der Waals surface area contributed by atoms with Crippen molar-refractivity contribution in [3.8, 4) is 11.6 Å². The molecule has 124 valence electrons. The van der Waals surface area contributed by atoms with Crippen molar-refractivity contribution in [3.05, 3.63) is 63.7 Å². The van der Waals surface area contributed by atoms with Gasteiger partial charge in [-0.3, -0.25) is 9.36 Å². The number of aromatic nitrogens is 2. The van der Waals surface area contributed by atoms with E-state index in [2.05, 4.69) is 4.98 Å². The van der Waals surface area contributed by atoms with Gasteiger partial charge in [-0.2, -0.15) is 4.98 Å². The normalized spacial score (nSPS) is 11.0. The third-order valence-corrected chi connectivity index (χ3v) is 3.69. The van der Waals surface area contributed by atoms with Gasteiger partial charge in [-0.05, 0) is 24.6 Å². The number of aryl methyl sites for hydroxylation is 1. The molecule has 2 heterocycles. The van der Waals surface area contributed by atoms with E-state index < -0.39 is 22.9 Å². The molecule has 0 radical (unpaired) electrons. The molecular formula is C17H13F3N2O2. The Balaban J connectivity index is 2.48. The van der Waals surface area contributed by atoms with E-state index in [4.69, 9.17) is 4.74 Å². The summed E-state index contributed by atoms with van der Waals surface area (Å²) < 4.78 is 47.6. The Morgan fingerprint density at radius 1 is 1.12 bits per heavy atom. The van der Waals surface area contributed by atoms with Crippen LogP contribution in [-0.4, -0.2) is 16.7 Å². The predicted octanol–water partition coefficient (Wildman–Crippen LogP) is 3.37. The van der Waals surface area contributed by atoms with Crippen LogP contribution in [0.1, 0.15) is 12.6 Å². The molecule has 3 aromatic rings. The van der Waals surface area contributed by atoms with Gasteiger partial charge in [-0.1, -0.05) is 6.92 Å². The van der Waals surface area contributed by atoms with E-state index in [0.717, 1.165) is 18.2 Å². The van der Waals surface area contributed by atoms with Crippen molar-refractivity contribution in [3.63, 3.8) is 0 Å². The second-order valence-electron chi connectivity index (χ2n) is 5.14. The number of nitrogens with zero attached hydrogens (tertiary/aromatic N) is 2. The fraction of sp³-hybridized carbons (Fsp3) is 0.176. The highest BCUT2D eigenvalue weighted by atomic mass is 19.1. The second kappa shape index (κ2) is 5.99. The molecule has 1 aromatic carbocycles. The fourth-order valence-electron chi connectivity index (χ4n) is 2.58. The summed E-state index contributed by atoms with van der Waals surface area (Å²) in [5, 5.41) is -0.0192. The number of pyridine rings is 2. The van der Waals surface area contributed by atoms with Gasteiger partial charge in [-0.25, -0.2) is 13.2 Å². The summed E-state index contributed by atoms with van der Waals surface area (Å²) >= 11 is 0. The van der Waals surface area contributed by atoms with Crippen molar-refractivity contribution in [2.45, 2.75) is 13.3 Å². The summed E-state index contributed by atoms with van der Waals surface area (Å²) in [6, 6.07) is 5.37. The maximum Gasteiger partial charge on any atom is 0.252 e. The molecule has 0 amide bonds. The monoisotopic (exact) mass is 334 g/mol. The van der Waals surface area contributed by atoms with Crippen molar-refractivity contribution in [2.75, 3.05) is 7.11 Å². The minimum absolute atomic E-state index is 0.0133. The molecule has 0 atom stereocenters. The molecule has 4 nitrogen and oxygen atoms in total. The first-order valence-corrected chi connectivity index (χ1v) is 7.20. The standard InChI is InChI=1S/C17H13F3N2O2/c1-3-10-7-15(23)11-8-13(20)17(24-2)21-16(11)22(10)14-5-4-9(18)6-12(14)19/h4-8H,3H2,1-2H3. The zero-order valence-corrected chi connectivity index (χ0v) is 12.9. The number of methoxy groups -OCH3 is 1. The highest BCUT2D eigenvalue weighted by Crippen LogP contribution is 2.25. The van der Waals surface area contributed by atoms with E-state index >= 15 is 0 Å². The Morgan fingerprint density at radius 3 is 2.50 bits per heavy atom. The lowest BCUT2D eigenvalue weighted by molar-refractivity contribution is 0.370. The molecular weight excluding hydrogens is 321 g/mol. The highest BCUT2D eigenvalue weighted by molar-refractivity contribution is 5.78. The van der Waals surface area contributed by atoms with Gasteiger partial charge < -0.3 is 4.74 Å². The molecule has 0 bridgehead atoms. The molecule has 3 rings (SSSR count). The van der Waals surface area contributed by atoms with Crippen molar-refractivity contribution in [2.24, 2.45) is 0 Å². The number of fused-ring (bicyclic) bond motifs is 1. The smallest absolute Gasteiger partial charge is 0.252 e. The van der Waals surface area contributed by atoms with Gasteiger partial charge in [-0.15, -0.1) is 0 Å². The van der Waals surface area contributed by atoms with Crippen molar-refractivity contribution in [1.82, 2.24) is 9.55 Å². The van der Waals surface area contributed by atoms with Crippen LogP contribution in [0.25, 0.3) is 16.7 Å². The van der Waals surface area contributed by atoms with Gasteiger partial charge in [0, 0.05) is 17.8 Å². The third kappa shape index (κ3) is 2.51. The van der Waals surface area contributed by atoms with Gasteiger partial charge in [0.2, 0.25) is 0 Å². The predicted molar refractivity (Wildman–Crippen MR) is 83.1 cm³/mol. The first-order valence-electron chi connectivity index (χ1n) is 7.20. The number of halogens is 3.